The van der Waals surface area contributed by atoms with Crippen LogP contribution in [-0.4, -0.2) is 15.9 Å². The van der Waals surface area contributed by atoms with Crippen LogP contribution in [0.25, 0.3) is 0 Å². The van der Waals surface area contributed by atoms with Gasteiger partial charge in [-0.2, -0.15) is 5.10 Å². The molecule has 5 heteroatoms. The Kier molecular flexibility index (Phi) is 4.05. The predicted octanol–water partition coefficient (Wildman–Crippen LogP) is 1.34. The number of phenolic OH excluding ortho intramolecular Hbond substituents is 1. The molecular formula is C10H13N3OS. The minimum absolute atomic E-state index is 0.139. The molecule has 0 saturated carbocycles. The van der Waals surface area contributed by atoms with E-state index in [-0.39, 0.29) is 10.9 Å². The molecule has 4 N–H and O–H groups in total. The van der Waals surface area contributed by atoms with E-state index in [0.717, 1.165) is 17.7 Å². The van der Waals surface area contributed by atoms with Crippen molar-refractivity contribution in [3.8, 4) is 5.75 Å². The van der Waals surface area contributed by atoms with Crippen LogP contribution in [0.4, 0.5) is 0 Å². The van der Waals surface area contributed by atoms with Crippen molar-refractivity contribution in [3.63, 3.8) is 0 Å². The fourth-order valence-electron chi connectivity index (χ4n) is 1.12. The van der Waals surface area contributed by atoms with Crippen molar-refractivity contribution in [2.45, 2.75) is 13.3 Å². The van der Waals surface area contributed by atoms with Gasteiger partial charge in [-0.1, -0.05) is 6.92 Å². The Hall–Kier alpha value is -1.62. The summed E-state index contributed by atoms with van der Waals surface area (Å²) < 4.78 is 0. The predicted molar refractivity (Wildman–Crippen MR) is 64.9 cm³/mol. The lowest BCUT2D eigenvalue weighted by Crippen LogP contribution is -2.25. The number of hydrogen-bond donors (Lipinski definition) is 3. The highest BCUT2D eigenvalue weighted by atomic mass is 32.1. The van der Waals surface area contributed by atoms with Gasteiger partial charge in [-0.15, -0.1) is 0 Å². The van der Waals surface area contributed by atoms with E-state index in [1.54, 1.807) is 24.3 Å². The number of aromatic hydroxyl groups is 1. The van der Waals surface area contributed by atoms with Crippen molar-refractivity contribution in [3.05, 3.63) is 29.8 Å². The second-order valence-corrected chi connectivity index (χ2v) is 3.37. The van der Waals surface area contributed by atoms with Crippen molar-refractivity contribution in [1.29, 1.82) is 0 Å². The first-order valence-corrected chi connectivity index (χ1v) is 4.95. The molecule has 15 heavy (non-hydrogen) atoms. The number of nitrogens with two attached hydrogens (primary N) is 1. The van der Waals surface area contributed by atoms with Crippen LogP contribution >= 0.6 is 12.2 Å². The Bertz CT molecular complexity index is 373. The molecule has 0 aliphatic carbocycles. The summed E-state index contributed by atoms with van der Waals surface area (Å²) >= 11 is 4.65. The van der Waals surface area contributed by atoms with Gasteiger partial charge in [-0.3, -0.25) is 5.43 Å². The van der Waals surface area contributed by atoms with E-state index in [2.05, 4.69) is 22.7 Å². The zero-order chi connectivity index (χ0) is 11.3. The third kappa shape index (κ3) is 3.55. The average Bonchev–Trinajstić information content (AvgIpc) is 2.21. The summed E-state index contributed by atoms with van der Waals surface area (Å²) in [4.78, 5) is 0. The first-order chi connectivity index (χ1) is 7.13. The number of benzene rings is 1. The summed E-state index contributed by atoms with van der Waals surface area (Å²) in [5.74, 6) is 0.233. The van der Waals surface area contributed by atoms with Crippen LogP contribution in [0.1, 0.15) is 18.9 Å². The molecule has 1 aromatic rings. The van der Waals surface area contributed by atoms with E-state index in [1.165, 1.54) is 0 Å². The largest absolute Gasteiger partial charge is 0.508 e. The number of phenols is 1. The standard InChI is InChI=1S/C10H13N3OS/c1-2-9(12-13-10(11)15)7-3-5-8(14)6-4-7/h3-6,14H,2H2,1H3,(H3,11,13,15)/b12-9-. The molecule has 0 atom stereocenters. The lowest BCUT2D eigenvalue weighted by molar-refractivity contribution is 0.475. The first-order valence-electron chi connectivity index (χ1n) is 4.55. The highest BCUT2D eigenvalue weighted by molar-refractivity contribution is 7.80. The van der Waals surface area contributed by atoms with Crippen LogP contribution in [0, 0.1) is 0 Å². The molecule has 0 aromatic heterocycles. The Labute approximate surface area is 93.8 Å². The van der Waals surface area contributed by atoms with Crippen LogP contribution < -0.4 is 11.2 Å². The normalized spacial score (nSPS) is 11.1. The molecule has 0 radical (unpaired) electrons. The van der Waals surface area contributed by atoms with E-state index in [1.807, 2.05) is 6.92 Å². The van der Waals surface area contributed by atoms with E-state index < -0.39 is 0 Å². The third-order valence-electron chi connectivity index (χ3n) is 1.84. The maximum absolute atomic E-state index is 9.13. The molecule has 0 aliphatic rings. The molecule has 0 unspecified atom stereocenters. The van der Waals surface area contributed by atoms with Gasteiger partial charge in [-0.25, -0.2) is 0 Å². The Balaban J connectivity index is 2.87. The molecule has 0 heterocycles. The van der Waals surface area contributed by atoms with Crippen molar-refractivity contribution >= 4 is 23.0 Å². The minimum atomic E-state index is 0.139. The van der Waals surface area contributed by atoms with Crippen LogP contribution in [-0.2, 0) is 0 Å². The third-order valence-corrected chi connectivity index (χ3v) is 1.93. The summed E-state index contributed by atoms with van der Waals surface area (Å²) in [6.45, 7) is 1.98. The SMILES string of the molecule is CC/C(=N/NC(N)=S)c1ccc(O)cc1. The smallest absolute Gasteiger partial charge is 0.184 e. The van der Waals surface area contributed by atoms with Crippen LogP contribution in [0.15, 0.2) is 29.4 Å². The quantitative estimate of drug-likeness (QED) is 0.411. The number of thiocarbonyl (C=S) groups is 1. The average molecular weight is 223 g/mol. The van der Waals surface area contributed by atoms with Crippen LogP contribution in [0.3, 0.4) is 0 Å². The molecule has 4 nitrogen and oxygen atoms in total. The van der Waals surface area contributed by atoms with E-state index >= 15 is 0 Å². The van der Waals surface area contributed by atoms with E-state index in [0.29, 0.717) is 0 Å². The maximum atomic E-state index is 9.13. The topological polar surface area (TPSA) is 70.6 Å². The number of nitrogens with zero attached hydrogens (tertiary/aromatic N) is 1. The Morgan fingerprint density at radius 1 is 1.47 bits per heavy atom. The van der Waals surface area contributed by atoms with Gasteiger partial charge in [0.25, 0.3) is 0 Å². The summed E-state index contributed by atoms with van der Waals surface area (Å²) in [6, 6.07) is 6.81. The summed E-state index contributed by atoms with van der Waals surface area (Å²) in [5.41, 5.74) is 9.58. The molecular weight excluding hydrogens is 210 g/mol. The van der Waals surface area contributed by atoms with Gasteiger partial charge in [0.1, 0.15) is 5.75 Å². The minimum Gasteiger partial charge on any atom is -0.508 e. The molecule has 0 spiro atoms. The fraction of sp³-hybridized carbons (Fsp3) is 0.200. The number of nitrogens with one attached hydrogen (secondary N) is 1. The number of hydrazone groups is 1. The zero-order valence-corrected chi connectivity index (χ0v) is 9.21. The van der Waals surface area contributed by atoms with Crippen molar-refractivity contribution in [1.82, 2.24) is 5.43 Å². The van der Waals surface area contributed by atoms with Crippen molar-refractivity contribution in [2.24, 2.45) is 10.8 Å². The zero-order valence-electron chi connectivity index (χ0n) is 8.40. The highest BCUT2D eigenvalue weighted by Gasteiger charge is 2.01. The molecule has 0 amide bonds. The van der Waals surface area contributed by atoms with E-state index in [4.69, 9.17) is 10.8 Å². The van der Waals surface area contributed by atoms with Gasteiger partial charge >= 0.3 is 0 Å². The van der Waals surface area contributed by atoms with Crippen LogP contribution in [0.2, 0.25) is 0 Å². The van der Waals surface area contributed by atoms with E-state index in [9.17, 15) is 0 Å². The Morgan fingerprint density at radius 2 is 2.07 bits per heavy atom. The number of rotatable bonds is 3. The molecule has 0 saturated heterocycles. The fourth-order valence-corrected chi connectivity index (χ4v) is 1.17. The summed E-state index contributed by atoms with van der Waals surface area (Å²) in [5, 5.41) is 13.3. The Morgan fingerprint density at radius 3 is 2.53 bits per heavy atom. The molecule has 80 valence electrons. The lowest BCUT2D eigenvalue weighted by Gasteiger charge is -2.04. The molecule has 1 rings (SSSR count). The van der Waals surface area contributed by atoms with Gasteiger partial charge < -0.3 is 10.8 Å². The summed E-state index contributed by atoms with van der Waals surface area (Å²) in [7, 11) is 0. The molecule has 0 aliphatic heterocycles. The van der Waals surface area contributed by atoms with Crippen LogP contribution in [0.5, 0.6) is 5.75 Å². The van der Waals surface area contributed by atoms with Gasteiger partial charge in [-0.05, 0) is 48.5 Å². The van der Waals surface area contributed by atoms with Crippen molar-refractivity contribution < 1.29 is 5.11 Å². The molecule has 0 bridgehead atoms. The summed E-state index contributed by atoms with van der Waals surface area (Å²) in [6.07, 6.45) is 0.750. The monoisotopic (exact) mass is 223 g/mol. The lowest BCUT2D eigenvalue weighted by atomic mass is 10.1. The van der Waals surface area contributed by atoms with Gasteiger partial charge in [0.05, 0.1) is 5.71 Å². The first kappa shape index (κ1) is 11.5. The highest BCUT2D eigenvalue weighted by Crippen LogP contribution is 2.11. The van der Waals surface area contributed by atoms with Gasteiger partial charge in [0.2, 0.25) is 0 Å². The second kappa shape index (κ2) is 5.31. The molecule has 1 aromatic carbocycles. The van der Waals surface area contributed by atoms with Crippen molar-refractivity contribution in [2.75, 3.05) is 0 Å². The number of hydrogen-bond acceptors (Lipinski definition) is 3. The van der Waals surface area contributed by atoms with Gasteiger partial charge in [0.15, 0.2) is 5.11 Å². The molecule has 0 fully saturated rings. The maximum Gasteiger partial charge on any atom is 0.184 e. The van der Waals surface area contributed by atoms with Gasteiger partial charge in [0, 0.05) is 0 Å². The second-order valence-electron chi connectivity index (χ2n) is 2.93.